The molecule has 0 radical (unpaired) electrons. The molecule has 2 aromatic carbocycles. The van der Waals surface area contributed by atoms with Crippen molar-refractivity contribution >= 4 is 11.4 Å². The normalized spacial score (nSPS) is 12.3. The summed E-state index contributed by atoms with van der Waals surface area (Å²) in [5, 5.41) is 6.33. The second-order valence-electron chi connectivity index (χ2n) is 8.54. The fraction of sp³-hybridized carbons (Fsp3) is 0.286. The lowest BCUT2D eigenvalue weighted by Gasteiger charge is -2.03. The number of hydrogen-bond acceptors (Lipinski definition) is 4. The predicted molar refractivity (Wildman–Crippen MR) is 146 cm³/mol. The summed E-state index contributed by atoms with van der Waals surface area (Å²) in [5.74, 6) is 0. The Hall–Kier alpha value is -4.20. The quantitative estimate of drug-likeness (QED) is 0.272. The number of aliphatic imine (C=N–C) groups is 2. The fourth-order valence-electron chi connectivity index (χ4n) is 4.40. The highest BCUT2D eigenvalue weighted by atomic mass is 16.1. The Morgan fingerprint density at radius 2 is 1.03 bits per heavy atom. The molecule has 0 saturated heterocycles. The van der Waals surface area contributed by atoms with Crippen molar-refractivity contribution < 1.29 is 0 Å². The molecule has 0 bridgehead atoms. The molecule has 0 atom stereocenters. The monoisotopic (exact) mass is 484 g/mol. The van der Waals surface area contributed by atoms with Crippen LogP contribution in [-0.4, -0.2) is 44.1 Å². The summed E-state index contributed by atoms with van der Waals surface area (Å²) in [6.07, 6.45) is 1.26. The van der Waals surface area contributed by atoms with E-state index in [9.17, 15) is 9.59 Å². The molecule has 0 amide bonds. The van der Waals surface area contributed by atoms with Crippen molar-refractivity contribution in [1.29, 1.82) is 0 Å². The summed E-state index contributed by atoms with van der Waals surface area (Å²) < 4.78 is 3.10. The minimum Gasteiger partial charge on any atom is -0.295 e. The van der Waals surface area contributed by atoms with E-state index in [1.165, 1.54) is 0 Å². The first kappa shape index (κ1) is 24.9. The number of nitrogens with one attached hydrogen (secondary N) is 2. The van der Waals surface area contributed by atoms with Gasteiger partial charge in [0.25, 0.3) is 11.1 Å². The average Bonchev–Trinajstić information content (AvgIpc) is 3.37. The Morgan fingerprint density at radius 3 is 1.36 bits per heavy atom. The van der Waals surface area contributed by atoms with Crippen LogP contribution in [0, 0.1) is 13.8 Å². The molecule has 0 aliphatic heterocycles. The van der Waals surface area contributed by atoms with Gasteiger partial charge >= 0.3 is 0 Å². The molecule has 0 spiro atoms. The summed E-state index contributed by atoms with van der Waals surface area (Å²) in [6, 6.07) is 19.0. The van der Waals surface area contributed by atoms with E-state index in [4.69, 9.17) is 9.98 Å². The van der Waals surface area contributed by atoms with Gasteiger partial charge in [-0.3, -0.25) is 29.8 Å². The van der Waals surface area contributed by atoms with E-state index in [0.29, 0.717) is 37.1 Å². The van der Waals surface area contributed by atoms with Crippen molar-refractivity contribution in [3.63, 3.8) is 0 Å². The van der Waals surface area contributed by atoms with Crippen LogP contribution in [0.25, 0.3) is 11.4 Å². The third kappa shape index (κ3) is 4.93. The van der Waals surface area contributed by atoms with E-state index in [2.05, 4.69) is 10.2 Å². The number of hydrogen-bond donors (Lipinski definition) is 2. The summed E-state index contributed by atoms with van der Waals surface area (Å²) in [4.78, 5) is 35.7. The molecule has 0 fully saturated rings. The number of aryl methyl sites for hydroxylation is 2. The van der Waals surface area contributed by atoms with Crippen LogP contribution in [0.5, 0.6) is 0 Å². The van der Waals surface area contributed by atoms with Gasteiger partial charge in [0.1, 0.15) is 0 Å². The molecule has 0 unspecified atom stereocenters. The van der Waals surface area contributed by atoms with Crippen LogP contribution in [0.1, 0.15) is 49.2 Å². The minimum atomic E-state index is -0.110. The standard InChI is InChI=1S/C28H32N6O2/c1-5-23(25-19(3)31-33(27(25)35)21-13-9-7-10-14-21)29-17-18-30-24(6-2)26-20(4)32-34(28(26)36)22-15-11-8-12-16-22/h7-16,31-32H,5-6,17-18H2,1-4H3. The summed E-state index contributed by atoms with van der Waals surface area (Å²) >= 11 is 0. The van der Waals surface area contributed by atoms with E-state index < -0.39 is 0 Å². The van der Waals surface area contributed by atoms with Gasteiger partial charge in [-0.1, -0.05) is 50.2 Å². The molecule has 2 heterocycles. The Labute approximate surface area is 210 Å². The van der Waals surface area contributed by atoms with Gasteiger partial charge in [-0.15, -0.1) is 0 Å². The zero-order valence-corrected chi connectivity index (χ0v) is 21.2. The van der Waals surface area contributed by atoms with Crippen molar-refractivity contribution in [3.05, 3.63) is 104 Å². The molecule has 0 aliphatic carbocycles. The van der Waals surface area contributed by atoms with E-state index in [1.54, 1.807) is 9.36 Å². The maximum atomic E-state index is 13.1. The molecular formula is C28H32N6O2. The van der Waals surface area contributed by atoms with Gasteiger partial charge in [-0.2, -0.15) is 0 Å². The topological polar surface area (TPSA) is 100 Å². The van der Waals surface area contributed by atoms with Crippen molar-refractivity contribution in [3.8, 4) is 11.4 Å². The number of aromatic amines is 2. The Kier molecular flexibility index (Phi) is 7.63. The average molecular weight is 485 g/mol. The molecule has 2 N–H and O–H groups in total. The van der Waals surface area contributed by atoms with Crippen LogP contribution in [0.4, 0.5) is 0 Å². The molecule has 0 aliphatic rings. The number of nitrogens with zero attached hydrogens (tertiary/aromatic N) is 4. The highest BCUT2D eigenvalue weighted by Crippen LogP contribution is 2.11. The van der Waals surface area contributed by atoms with Crippen LogP contribution in [0.3, 0.4) is 0 Å². The highest BCUT2D eigenvalue weighted by molar-refractivity contribution is 6.02. The van der Waals surface area contributed by atoms with Gasteiger partial charge in [0.05, 0.1) is 35.6 Å². The molecule has 0 saturated carbocycles. The maximum Gasteiger partial charge on any atom is 0.280 e. The first-order valence-electron chi connectivity index (χ1n) is 12.3. The van der Waals surface area contributed by atoms with Crippen LogP contribution >= 0.6 is 0 Å². The Morgan fingerprint density at radius 1 is 0.667 bits per heavy atom. The zero-order chi connectivity index (χ0) is 25.7. The number of aromatic nitrogens is 4. The molecule has 8 heteroatoms. The first-order valence-corrected chi connectivity index (χ1v) is 12.3. The summed E-state index contributed by atoms with van der Waals surface area (Å²) in [7, 11) is 0. The first-order chi connectivity index (χ1) is 17.5. The van der Waals surface area contributed by atoms with Crippen molar-refractivity contribution in [1.82, 2.24) is 19.6 Å². The third-order valence-corrected chi connectivity index (χ3v) is 6.12. The van der Waals surface area contributed by atoms with E-state index in [-0.39, 0.29) is 11.1 Å². The van der Waals surface area contributed by atoms with Gasteiger partial charge in [0.2, 0.25) is 0 Å². The second-order valence-corrected chi connectivity index (χ2v) is 8.54. The van der Waals surface area contributed by atoms with Crippen LogP contribution in [-0.2, 0) is 0 Å². The third-order valence-electron chi connectivity index (χ3n) is 6.12. The van der Waals surface area contributed by atoms with Gasteiger partial charge < -0.3 is 0 Å². The largest absolute Gasteiger partial charge is 0.295 e. The SMILES string of the molecule is CCC(=NCCN=C(CC)c1c(C)[nH]n(-c2ccccc2)c1=O)c1c(C)[nH]n(-c2ccccc2)c1=O. The van der Waals surface area contributed by atoms with Gasteiger partial charge in [0.15, 0.2) is 0 Å². The fourth-order valence-corrected chi connectivity index (χ4v) is 4.40. The predicted octanol–water partition coefficient (Wildman–Crippen LogP) is 4.36. The van der Waals surface area contributed by atoms with Crippen LogP contribution < -0.4 is 11.1 Å². The molecule has 4 rings (SSSR count). The molecule has 4 aromatic rings. The van der Waals surface area contributed by atoms with Gasteiger partial charge in [-0.25, -0.2) is 9.36 Å². The lowest BCUT2D eigenvalue weighted by atomic mass is 10.1. The van der Waals surface area contributed by atoms with Crippen LogP contribution in [0.2, 0.25) is 0 Å². The lowest BCUT2D eigenvalue weighted by molar-refractivity contribution is 0.835. The molecule has 186 valence electrons. The Bertz CT molecular complexity index is 1390. The molecular weight excluding hydrogens is 452 g/mol. The van der Waals surface area contributed by atoms with Gasteiger partial charge in [-0.05, 0) is 51.0 Å². The zero-order valence-electron chi connectivity index (χ0n) is 21.2. The number of benzene rings is 2. The highest BCUT2D eigenvalue weighted by Gasteiger charge is 2.18. The number of H-pyrrole nitrogens is 2. The van der Waals surface area contributed by atoms with Crippen molar-refractivity contribution in [2.45, 2.75) is 40.5 Å². The molecule has 2 aromatic heterocycles. The summed E-state index contributed by atoms with van der Waals surface area (Å²) in [5.41, 5.74) is 5.63. The van der Waals surface area contributed by atoms with Crippen molar-refractivity contribution in [2.24, 2.45) is 9.98 Å². The number of para-hydroxylation sites is 2. The van der Waals surface area contributed by atoms with E-state index in [1.807, 2.05) is 88.4 Å². The molecule has 36 heavy (non-hydrogen) atoms. The van der Waals surface area contributed by atoms with Crippen molar-refractivity contribution in [2.75, 3.05) is 13.1 Å². The minimum absolute atomic E-state index is 0.110. The molecule has 8 nitrogen and oxygen atoms in total. The Balaban J connectivity index is 1.56. The second kappa shape index (κ2) is 11.0. The smallest absolute Gasteiger partial charge is 0.280 e. The maximum absolute atomic E-state index is 13.1. The summed E-state index contributed by atoms with van der Waals surface area (Å²) in [6.45, 7) is 8.63. The van der Waals surface area contributed by atoms with Gasteiger partial charge in [0, 0.05) is 22.8 Å². The lowest BCUT2D eigenvalue weighted by Crippen LogP contribution is -2.21. The number of rotatable bonds is 9. The van der Waals surface area contributed by atoms with E-state index >= 15 is 0 Å². The van der Waals surface area contributed by atoms with Crippen LogP contribution in [0.15, 0.2) is 80.2 Å². The van der Waals surface area contributed by atoms with E-state index in [0.717, 1.165) is 34.2 Å².